The van der Waals surface area contributed by atoms with Crippen molar-refractivity contribution in [2.75, 3.05) is 26.4 Å². The molecule has 11 nitrogen and oxygen atoms in total. The van der Waals surface area contributed by atoms with Crippen LogP contribution >= 0.6 is 0 Å². The maximum absolute atomic E-state index is 14.6. The molecule has 1 aliphatic heterocycles. The number of ether oxygens (including phenoxy) is 4. The van der Waals surface area contributed by atoms with Crippen LogP contribution in [0.1, 0.15) is 101 Å². The van der Waals surface area contributed by atoms with E-state index in [0.717, 1.165) is 48.2 Å². The Morgan fingerprint density at radius 2 is 1.79 bits per heavy atom. The van der Waals surface area contributed by atoms with E-state index >= 15 is 0 Å². The molecule has 2 heterocycles. The molecule has 1 saturated carbocycles. The lowest BCUT2D eigenvalue weighted by molar-refractivity contribution is -0.256. The fourth-order valence-corrected chi connectivity index (χ4v) is 9.17. The van der Waals surface area contributed by atoms with Gasteiger partial charge < -0.3 is 34.0 Å². The van der Waals surface area contributed by atoms with Crippen LogP contribution in [0.15, 0.2) is 103 Å². The van der Waals surface area contributed by atoms with Gasteiger partial charge in [-0.25, -0.2) is 9.18 Å². The first kappa shape index (κ1) is 46.5. The highest BCUT2D eigenvalue weighted by atomic mass is 19.1. The highest BCUT2D eigenvalue weighted by molar-refractivity contribution is 6.03. The molecule has 0 bridgehead atoms. The van der Waals surface area contributed by atoms with Gasteiger partial charge in [-0.05, 0) is 125 Å². The minimum atomic E-state index is -1.50. The van der Waals surface area contributed by atoms with E-state index in [4.69, 9.17) is 28.9 Å². The minimum absolute atomic E-state index is 0.0191. The first-order valence-corrected chi connectivity index (χ1v) is 22.0. The molecular formula is C50H64FN3O8. The lowest BCUT2D eigenvalue weighted by Gasteiger charge is -2.60. The van der Waals surface area contributed by atoms with Gasteiger partial charge >= 0.3 is 6.09 Å². The molecule has 3 aliphatic rings. The first-order valence-electron chi connectivity index (χ1n) is 22.0. The van der Waals surface area contributed by atoms with E-state index in [2.05, 4.69) is 30.3 Å². The molecule has 6 rings (SSSR count). The number of unbranched alkanes of at least 4 members (excludes halogenated alkanes) is 2. The number of rotatable bonds is 21. The summed E-state index contributed by atoms with van der Waals surface area (Å²) < 4.78 is 41.1. The SMILES string of the molecule is C=CCCOC(=O)N(Cc1ccc(F)cc1)[C@H]1CC(=NOC(C)(C)C)C2=C[C@H](CCCCO)[C@@H](CCCCO)[C@@H]3c4cc(OCc5cccc(C)n5)ccc4O[C@@]1(OCC=C)[C@H]23. The number of aromatic nitrogens is 1. The van der Waals surface area contributed by atoms with Crippen LogP contribution in [0.25, 0.3) is 0 Å². The molecule has 3 aromatic rings. The van der Waals surface area contributed by atoms with Gasteiger partial charge in [-0.3, -0.25) is 9.88 Å². The molecule has 334 valence electrons. The number of aliphatic hydroxyl groups is 2. The van der Waals surface area contributed by atoms with E-state index in [1.807, 2.05) is 58.0 Å². The number of nitrogens with zero attached hydrogens (tertiary/aromatic N) is 3. The number of aryl methyl sites for hydroxylation is 1. The number of benzene rings is 2. The maximum atomic E-state index is 14.6. The summed E-state index contributed by atoms with van der Waals surface area (Å²) in [6.45, 7) is 16.3. The van der Waals surface area contributed by atoms with Gasteiger partial charge in [-0.1, -0.05) is 54.4 Å². The van der Waals surface area contributed by atoms with Crippen molar-refractivity contribution < 1.29 is 43.2 Å². The smallest absolute Gasteiger partial charge is 0.410 e. The Hall–Kier alpha value is -5.04. The Morgan fingerprint density at radius 3 is 2.48 bits per heavy atom. The lowest BCUT2D eigenvalue weighted by Crippen LogP contribution is -2.70. The molecular weight excluding hydrogens is 790 g/mol. The van der Waals surface area contributed by atoms with Crippen LogP contribution in [0.4, 0.5) is 9.18 Å². The molecule has 0 radical (unpaired) electrons. The van der Waals surface area contributed by atoms with Crippen molar-refractivity contribution in [2.45, 2.75) is 116 Å². The summed E-state index contributed by atoms with van der Waals surface area (Å²) in [7, 11) is 0. The predicted molar refractivity (Wildman–Crippen MR) is 237 cm³/mol. The van der Waals surface area contributed by atoms with Gasteiger partial charge in [0, 0.05) is 43.4 Å². The molecule has 0 unspecified atom stereocenters. The summed E-state index contributed by atoms with van der Waals surface area (Å²) in [4.78, 5) is 27.1. The normalized spacial score (nSPS) is 23.3. The quantitative estimate of drug-likeness (QED) is 0.0611. The van der Waals surface area contributed by atoms with Gasteiger partial charge in [0.1, 0.15) is 35.6 Å². The molecule has 1 amide bonds. The molecule has 1 fully saturated rings. The van der Waals surface area contributed by atoms with Crippen molar-refractivity contribution in [1.29, 1.82) is 0 Å². The second kappa shape index (κ2) is 21.4. The zero-order valence-electron chi connectivity index (χ0n) is 36.8. The van der Waals surface area contributed by atoms with Crippen molar-refractivity contribution in [3.8, 4) is 11.5 Å². The number of hydrogen-bond donors (Lipinski definition) is 2. The van der Waals surface area contributed by atoms with Gasteiger partial charge in [-0.15, -0.1) is 13.2 Å². The summed E-state index contributed by atoms with van der Waals surface area (Å²) >= 11 is 0. The van der Waals surface area contributed by atoms with E-state index in [-0.39, 0.29) is 63.8 Å². The largest absolute Gasteiger partial charge is 0.487 e. The number of aliphatic hydroxyl groups excluding tert-OH is 2. The molecule has 12 heteroatoms. The number of oxime groups is 1. The molecule has 0 spiro atoms. The number of fused-ring (bicyclic) bond motifs is 2. The van der Waals surface area contributed by atoms with E-state index in [1.54, 1.807) is 29.2 Å². The number of carbonyl (C=O) groups is 1. The summed E-state index contributed by atoms with van der Waals surface area (Å²) in [5, 5.41) is 24.8. The zero-order chi connectivity index (χ0) is 44.3. The van der Waals surface area contributed by atoms with E-state index in [0.29, 0.717) is 42.0 Å². The van der Waals surface area contributed by atoms with Crippen LogP contribution in [0.5, 0.6) is 11.5 Å². The monoisotopic (exact) mass is 853 g/mol. The van der Waals surface area contributed by atoms with Crippen LogP contribution in [0.2, 0.25) is 0 Å². The van der Waals surface area contributed by atoms with Crippen LogP contribution in [0.3, 0.4) is 0 Å². The van der Waals surface area contributed by atoms with Crippen molar-refractivity contribution in [2.24, 2.45) is 22.9 Å². The number of pyridine rings is 1. The number of carbonyl (C=O) groups excluding carboxylic acids is 1. The second-order valence-corrected chi connectivity index (χ2v) is 17.5. The Morgan fingerprint density at radius 1 is 1.03 bits per heavy atom. The molecule has 62 heavy (non-hydrogen) atoms. The maximum Gasteiger partial charge on any atom is 0.410 e. The lowest BCUT2D eigenvalue weighted by atomic mass is 9.55. The average molecular weight is 854 g/mol. The average Bonchev–Trinajstić information content (AvgIpc) is 3.25. The second-order valence-electron chi connectivity index (χ2n) is 17.5. The third-order valence-electron chi connectivity index (χ3n) is 11.8. The standard InChI is InChI=1S/C50H64FN3O8/c1-7-9-28-58-48(57)54(32-35-19-21-37(51)22-20-35)45-31-43(53-62-49(4,5)6)41-29-36(16-10-12-25-55)40(18-11-13-26-56)46-42-30-39(59-33-38-17-14-15-34(3)52-38)23-24-44(42)61-50(45,47(41)46)60-27-8-2/h7-8,14-15,17,19-24,29-30,36,40,45-47,55-56H,1-2,9-13,16,18,25-28,31-33H2,3-6H3/t36-,40+,45-,46+,47+,50+/m0/s1. The molecule has 2 aliphatic carbocycles. The first-order chi connectivity index (χ1) is 29.9. The molecule has 2 aromatic carbocycles. The summed E-state index contributed by atoms with van der Waals surface area (Å²) in [6.07, 6.45) is 10.2. The Balaban J connectivity index is 1.59. The molecule has 0 saturated heterocycles. The van der Waals surface area contributed by atoms with E-state index < -0.39 is 35.3 Å². The zero-order valence-corrected chi connectivity index (χ0v) is 36.8. The summed E-state index contributed by atoms with van der Waals surface area (Å²) in [5.74, 6) is -1.37. The Kier molecular flexibility index (Phi) is 16.0. The third kappa shape index (κ3) is 11.1. The minimum Gasteiger partial charge on any atom is -0.487 e. The van der Waals surface area contributed by atoms with E-state index in [9.17, 15) is 19.4 Å². The molecule has 6 atom stereocenters. The number of hydrogen-bond acceptors (Lipinski definition) is 10. The molecule has 2 N–H and O–H groups in total. The summed E-state index contributed by atoms with van der Waals surface area (Å²) in [6, 6.07) is 16.9. The molecule has 1 aromatic heterocycles. The van der Waals surface area contributed by atoms with Crippen molar-refractivity contribution >= 4 is 11.8 Å². The Labute approximate surface area is 366 Å². The van der Waals surface area contributed by atoms with Gasteiger partial charge in [0.25, 0.3) is 0 Å². The van der Waals surface area contributed by atoms with Crippen molar-refractivity contribution in [1.82, 2.24) is 9.88 Å². The number of halogens is 1. The highest BCUT2D eigenvalue weighted by Gasteiger charge is 2.65. The predicted octanol–water partition coefficient (Wildman–Crippen LogP) is 9.76. The Bertz CT molecular complexity index is 2050. The van der Waals surface area contributed by atoms with Gasteiger partial charge in [0.05, 0.1) is 30.5 Å². The summed E-state index contributed by atoms with van der Waals surface area (Å²) in [5.41, 5.74) is 4.26. The van der Waals surface area contributed by atoms with Crippen molar-refractivity contribution in [3.63, 3.8) is 0 Å². The van der Waals surface area contributed by atoms with E-state index in [1.165, 1.54) is 12.1 Å². The number of amides is 1. The third-order valence-corrected chi connectivity index (χ3v) is 11.8. The van der Waals surface area contributed by atoms with Gasteiger partial charge in [0.2, 0.25) is 5.79 Å². The van der Waals surface area contributed by atoms with Crippen LogP contribution in [-0.4, -0.2) is 75.8 Å². The highest BCUT2D eigenvalue weighted by Crippen LogP contribution is 2.62. The van der Waals surface area contributed by atoms with Gasteiger partial charge in [0.15, 0.2) is 0 Å². The van der Waals surface area contributed by atoms with Gasteiger partial charge in [-0.2, -0.15) is 0 Å². The van der Waals surface area contributed by atoms with Crippen molar-refractivity contribution in [3.05, 3.63) is 126 Å². The van der Waals surface area contributed by atoms with Crippen LogP contribution in [0, 0.1) is 30.5 Å². The topological polar surface area (TPSA) is 132 Å². The fourth-order valence-electron chi connectivity index (χ4n) is 9.17. The fraction of sp³-hybridized carbons (Fsp3) is 0.500. The van der Waals surface area contributed by atoms with Crippen LogP contribution < -0.4 is 9.47 Å². The van der Waals surface area contributed by atoms with Crippen LogP contribution in [-0.2, 0) is 27.5 Å². The number of allylic oxidation sites excluding steroid dienone is 1.